The highest BCUT2D eigenvalue weighted by molar-refractivity contribution is 7.16. The Hall–Kier alpha value is -3.78. The summed E-state index contributed by atoms with van der Waals surface area (Å²) in [5, 5.41) is 6.26. The molecule has 0 saturated carbocycles. The van der Waals surface area contributed by atoms with Gasteiger partial charge in [-0.15, -0.1) is 0 Å². The number of hydrogen-bond acceptors (Lipinski definition) is 7. The summed E-state index contributed by atoms with van der Waals surface area (Å²) in [6.07, 6.45) is 9.50. The summed E-state index contributed by atoms with van der Waals surface area (Å²) < 4.78 is 19.5. The lowest BCUT2D eigenvalue weighted by Gasteiger charge is -2.17. The van der Waals surface area contributed by atoms with Crippen LogP contribution < -0.4 is 26.7 Å². The van der Waals surface area contributed by atoms with Crippen molar-refractivity contribution in [2.24, 2.45) is 0 Å². The van der Waals surface area contributed by atoms with E-state index in [2.05, 4.69) is 33.6 Å². The van der Waals surface area contributed by atoms with Crippen LogP contribution in [0.5, 0.6) is 5.75 Å². The summed E-state index contributed by atoms with van der Waals surface area (Å²) in [5.74, 6) is 1.39. The number of anilines is 2. The number of hydrogen-bond donors (Lipinski definition) is 3. The maximum absolute atomic E-state index is 13.4. The topological polar surface area (TPSA) is 124 Å². The van der Waals surface area contributed by atoms with E-state index in [-0.39, 0.29) is 11.5 Å². The highest BCUT2D eigenvalue weighted by Crippen LogP contribution is 2.24. The Morgan fingerprint density at radius 3 is 2.76 bits per heavy atom. The average molecular weight is 595 g/mol. The number of carbonyl (C=O) groups excluding carboxylic acids is 1. The zero-order chi connectivity index (χ0) is 30.1. The van der Waals surface area contributed by atoms with Gasteiger partial charge in [-0.2, -0.15) is 4.39 Å². The maximum atomic E-state index is 13.4. The third-order valence-corrected chi connectivity index (χ3v) is 7.46. The fourth-order valence-electron chi connectivity index (χ4n) is 5.05. The summed E-state index contributed by atoms with van der Waals surface area (Å²) in [6.45, 7) is 5.08. The quantitative estimate of drug-likeness (QED) is 0.178. The number of nitrogens with zero attached hydrogens (tertiary/aromatic N) is 3. The number of nitrogens with one attached hydrogen (secondary N) is 2. The third-order valence-electron chi connectivity index (χ3n) is 7.33. The van der Waals surface area contributed by atoms with Gasteiger partial charge in [0.1, 0.15) is 29.1 Å². The second-order valence-corrected chi connectivity index (χ2v) is 11.1. The van der Waals surface area contributed by atoms with E-state index in [1.54, 1.807) is 24.5 Å². The Balaban J connectivity index is 1.36. The molecule has 224 valence electrons. The Bertz CT molecular complexity index is 1460. The van der Waals surface area contributed by atoms with Crippen LogP contribution in [0.1, 0.15) is 67.6 Å². The van der Waals surface area contributed by atoms with Gasteiger partial charge in [-0.25, -0.2) is 9.97 Å². The predicted molar refractivity (Wildman–Crippen MR) is 168 cm³/mol. The van der Waals surface area contributed by atoms with Gasteiger partial charge in [-0.3, -0.25) is 14.2 Å². The van der Waals surface area contributed by atoms with Crippen LogP contribution >= 0.6 is 9.24 Å². The Kier molecular flexibility index (Phi) is 11.1. The third kappa shape index (κ3) is 8.38. The number of pyridine rings is 1. The second-order valence-electron chi connectivity index (χ2n) is 10.6. The monoisotopic (exact) mass is 594 g/mol. The minimum Gasteiger partial charge on any atom is -0.457 e. The van der Waals surface area contributed by atoms with Crippen LogP contribution in [0, 0.1) is 6.92 Å². The van der Waals surface area contributed by atoms with Crippen molar-refractivity contribution in [3.05, 3.63) is 81.2 Å². The number of ether oxygens (including phenoxy) is 1. The zero-order valence-corrected chi connectivity index (χ0v) is 25.4. The molecule has 3 unspecified atom stereocenters. The Morgan fingerprint density at radius 1 is 1.26 bits per heavy atom. The smallest absolute Gasteiger partial charge is 0.277 e. The van der Waals surface area contributed by atoms with Crippen LogP contribution in [0.15, 0.2) is 53.1 Å². The second kappa shape index (κ2) is 14.9. The van der Waals surface area contributed by atoms with Gasteiger partial charge in [-0.1, -0.05) is 46.4 Å². The number of unbranched alkanes of at least 4 members (excludes halogenated alkanes) is 1. The van der Waals surface area contributed by atoms with Crippen LogP contribution in [0.2, 0.25) is 0 Å². The molecule has 3 aromatic rings. The first-order chi connectivity index (χ1) is 20.2. The van der Waals surface area contributed by atoms with Crippen molar-refractivity contribution in [2.45, 2.75) is 70.9 Å². The fourth-order valence-corrected chi connectivity index (χ4v) is 5.21. The number of halogens is 1. The normalized spacial score (nSPS) is 15.2. The highest BCUT2D eigenvalue weighted by atomic mass is 31.0. The SMILES string of the molecule is CCCC/C(=C\c1cnc(N)cc1C)CNC(=O)C1CCc2ncc(NCCCc3ccc(OC(F)P)cc3)c(=O)n21. The van der Waals surface area contributed by atoms with Gasteiger partial charge < -0.3 is 21.1 Å². The number of benzene rings is 1. The van der Waals surface area contributed by atoms with Crippen molar-refractivity contribution in [1.29, 1.82) is 0 Å². The molecule has 3 heterocycles. The van der Waals surface area contributed by atoms with E-state index in [1.807, 2.05) is 34.4 Å². The average Bonchev–Trinajstić information content (AvgIpc) is 3.40. The molecule has 1 aromatic carbocycles. The van der Waals surface area contributed by atoms with Crippen molar-refractivity contribution >= 4 is 32.7 Å². The number of aromatic nitrogens is 3. The molecular formula is C31H40FN6O3P. The van der Waals surface area contributed by atoms with Crippen LogP contribution in [-0.4, -0.2) is 39.6 Å². The summed E-state index contributed by atoms with van der Waals surface area (Å²) in [4.78, 5) is 35.3. The summed E-state index contributed by atoms with van der Waals surface area (Å²) in [6, 6.07) is 8.51. The van der Waals surface area contributed by atoms with Crippen molar-refractivity contribution in [3.63, 3.8) is 0 Å². The Labute approximate surface area is 248 Å². The largest absolute Gasteiger partial charge is 0.457 e. The van der Waals surface area contributed by atoms with Gasteiger partial charge in [0.15, 0.2) is 0 Å². The number of aryl methyl sites for hydroxylation is 3. The van der Waals surface area contributed by atoms with Crippen molar-refractivity contribution in [2.75, 3.05) is 24.1 Å². The predicted octanol–water partition coefficient (Wildman–Crippen LogP) is 4.96. The highest BCUT2D eigenvalue weighted by Gasteiger charge is 2.31. The molecule has 1 aliphatic rings. The molecule has 4 N–H and O–H groups in total. The minimum absolute atomic E-state index is 0.183. The van der Waals surface area contributed by atoms with E-state index in [1.165, 1.54) is 4.57 Å². The van der Waals surface area contributed by atoms with Gasteiger partial charge in [0.05, 0.1) is 6.20 Å². The zero-order valence-electron chi connectivity index (χ0n) is 24.2. The van der Waals surface area contributed by atoms with Gasteiger partial charge in [0.2, 0.25) is 12.0 Å². The molecule has 2 aromatic heterocycles. The van der Waals surface area contributed by atoms with Crippen molar-refractivity contribution in [1.82, 2.24) is 19.9 Å². The van der Waals surface area contributed by atoms with Gasteiger partial charge in [-0.05, 0) is 73.9 Å². The van der Waals surface area contributed by atoms with Gasteiger partial charge in [0.25, 0.3) is 5.56 Å². The molecule has 1 amide bonds. The van der Waals surface area contributed by atoms with Crippen LogP contribution in [0.4, 0.5) is 15.9 Å². The van der Waals surface area contributed by atoms with E-state index in [0.717, 1.165) is 54.4 Å². The van der Waals surface area contributed by atoms with E-state index in [9.17, 15) is 14.0 Å². The molecule has 0 aliphatic carbocycles. The van der Waals surface area contributed by atoms with Crippen molar-refractivity contribution < 1.29 is 13.9 Å². The van der Waals surface area contributed by atoms with Gasteiger partial charge in [0, 0.05) is 25.7 Å². The molecule has 4 rings (SSSR count). The molecule has 3 atom stereocenters. The number of carbonyl (C=O) groups is 1. The molecule has 0 spiro atoms. The van der Waals surface area contributed by atoms with Crippen molar-refractivity contribution in [3.8, 4) is 5.75 Å². The van der Waals surface area contributed by atoms with Crippen LogP contribution in [-0.2, 0) is 17.6 Å². The summed E-state index contributed by atoms with van der Waals surface area (Å²) in [5.41, 5.74) is 10.1. The molecular weight excluding hydrogens is 554 g/mol. The van der Waals surface area contributed by atoms with E-state index >= 15 is 0 Å². The lowest BCUT2D eigenvalue weighted by molar-refractivity contribution is -0.124. The fraction of sp³-hybridized carbons (Fsp3) is 0.419. The lowest BCUT2D eigenvalue weighted by atomic mass is 10.0. The van der Waals surface area contributed by atoms with E-state index in [0.29, 0.717) is 49.0 Å². The number of rotatable bonds is 14. The number of fused-ring (bicyclic) bond motifs is 1. The van der Waals surface area contributed by atoms with E-state index < -0.39 is 12.1 Å². The molecule has 9 nitrogen and oxygen atoms in total. The van der Waals surface area contributed by atoms with E-state index in [4.69, 9.17) is 10.5 Å². The number of nitrogens with two attached hydrogens (primary N) is 1. The lowest BCUT2D eigenvalue weighted by Crippen LogP contribution is -2.37. The van der Waals surface area contributed by atoms with Crippen LogP contribution in [0.3, 0.4) is 0 Å². The first-order valence-corrected chi connectivity index (χ1v) is 15.1. The molecule has 1 aliphatic heterocycles. The number of alkyl halides is 1. The molecule has 0 fully saturated rings. The number of nitrogen functional groups attached to an aromatic ring is 1. The molecule has 0 saturated heterocycles. The Morgan fingerprint density at radius 2 is 2.05 bits per heavy atom. The summed E-state index contributed by atoms with van der Waals surface area (Å²) >= 11 is 0. The van der Waals surface area contributed by atoms with Crippen LogP contribution in [0.25, 0.3) is 6.08 Å². The maximum Gasteiger partial charge on any atom is 0.277 e. The first kappa shape index (κ1) is 31.2. The van der Waals surface area contributed by atoms with Gasteiger partial charge >= 0.3 is 0 Å². The molecule has 11 heteroatoms. The standard InChI is InChI=1S/C31H40FN6O3P/c1-3-4-6-22(16-23-18-35-27(33)15-20(23)2)17-37-29(39)26-12-13-28-36-19-25(30(40)38(26)28)34-14-5-7-21-8-10-24(11-9-21)41-31(32)42/h8-11,15-16,18-19,26,31,34H,3-7,12-14,17,42H2,1-2H3,(H2,33,35)(H,37,39)/b22-16+. The first-order valence-electron chi connectivity index (χ1n) is 14.4. The molecule has 0 bridgehead atoms. The summed E-state index contributed by atoms with van der Waals surface area (Å²) in [7, 11) is 1.95. The molecule has 42 heavy (non-hydrogen) atoms. The number of amides is 1. The minimum atomic E-state index is -1.44. The molecule has 0 radical (unpaired) electrons.